The predicted molar refractivity (Wildman–Crippen MR) is 128 cm³/mol. The molecule has 1 amide bonds. The fourth-order valence-corrected chi connectivity index (χ4v) is 7.34. The highest BCUT2D eigenvalue weighted by molar-refractivity contribution is 8.00. The smallest absolute Gasteiger partial charge is 0.339 e. The van der Waals surface area contributed by atoms with Crippen LogP contribution in [0.15, 0.2) is 33.7 Å². The van der Waals surface area contributed by atoms with Gasteiger partial charge in [0.2, 0.25) is 5.91 Å². The molecule has 0 atom stereocenters. The SMILES string of the molecule is CC(C)Cc1noc(COC(=O)c2ccccc2SCC(=O)NC23CC4CC(CC(C4)C2)C3)n1. The van der Waals surface area contributed by atoms with Gasteiger partial charge in [0.1, 0.15) is 0 Å². The number of nitrogens with one attached hydrogen (secondary N) is 1. The third-order valence-electron chi connectivity index (χ3n) is 7.34. The number of rotatable bonds is 9. The highest BCUT2D eigenvalue weighted by Gasteiger charge is 2.51. The average molecular weight is 484 g/mol. The van der Waals surface area contributed by atoms with Crippen LogP contribution in [0.3, 0.4) is 0 Å². The van der Waals surface area contributed by atoms with Gasteiger partial charge >= 0.3 is 5.97 Å². The van der Waals surface area contributed by atoms with Crippen molar-refractivity contribution in [3.05, 3.63) is 41.5 Å². The van der Waals surface area contributed by atoms with Crippen molar-refractivity contribution >= 4 is 23.6 Å². The van der Waals surface area contributed by atoms with Crippen molar-refractivity contribution in [3.8, 4) is 0 Å². The van der Waals surface area contributed by atoms with Gasteiger partial charge in [-0.25, -0.2) is 4.79 Å². The minimum atomic E-state index is -0.465. The molecular weight excluding hydrogens is 450 g/mol. The maximum absolute atomic E-state index is 12.9. The quantitative estimate of drug-likeness (QED) is 0.404. The zero-order valence-corrected chi connectivity index (χ0v) is 20.7. The molecule has 4 aliphatic rings. The molecule has 1 aromatic heterocycles. The monoisotopic (exact) mass is 483 g/mol. The molecule has 0 unspecified atom stereocenters. The lowest BCUT2D eigenvalue weighted by molar-refractivity contribution is -0.124. The number of esters is 1. The van der Waals surface area contributed by atoms with Crippen molar-refractivity contribution in [2.75, 3.05) is 5.75 Å². The first-order valence-electron chi connectivity index (χ1n) is 12.4. The highest BCUT2D eigenvalue weighted by Crippen LogP contribution is 2.55. The van der Waals surface area contributed by atoms with E-state index in [0.717, 1.165) is 41.9 Å². The second-order valence-electron chi connectivity index (χ2n) is 10.8. The van der Waals surface area contributed by atoms with Crippen LogP contribution in [0.5, 0.6) is 0 Å². The zero-order chi connectivity index (χ0) is 23.7. The van der Waals surface area contributed by atoms with Crippen molar-refractivity contribution in [1.82, 2.24) is 15.5 Å². The summed E-state index contributed by atoms with van der Waals surface area (Å²) in [6, 6.07) is 7.24. The third kappa shape index (κ3) is 5.32. The van der Waals surface area contributed by atoms with Crippen LogP contribution in [0, 0.1) is 23.7 Å². The molecule has 0 spiro atoms. The molecule has 4 fully saturated rings. The summed E-state index contributed by atoms with van der Waals surface area (Å²) in [5, 5.41) is 7.33. The first-order chi connectivity index (χ1) is 16.4. The van der Waals surface area contributed by atoms with Gasteiger partial charge in [-0.3, -0.25) is 4.79 Å². The lowest BCUT2D eigenvalue weighted by Crippen LogP contribution is -2.60. The van der Waals surface area contributed by atoms with E-state index >= 15 is 0 Å². The second kappa shape index (κ2) is 9.72. The van der Waals surface area contributed by atoms with Crippen LogP contribution in [0.4, 0.5) is 0 Å². The molecule has 4 bridgehead atoms. The number of hydrogen-bond donors (Lipinski definition) is 1. The summed E-state index contributed by atoms with van der Waals surface area (Å²) in [4.78, 5) is 30.6. The van der Waals surface area contributed by atoms with Crippen LogP contribution in [-0.2, 0) is 22.6 Å². The molecule has 8 heteroatoms. The minimum absolute atomic E-state index is 0.00331. The van der Waals surface area contributed by atoms with E-state index in [-0.39, 0.29) is 29.7 Å². The lowest BCUT2D eigenvalue weighted by atomic mass is 9.53. The van der Waals surface area contributed by atoms with Gasteiger partial charge in [0.25, 0.3) is 5.89 Å². The predicted octanol–water partition coefficient (Wildman–Crippen LogP) is 4.80. The van der Waals surface area contributed by atoms with Gasteiger partial charge < -0.3 is 14.6 Å². The summed E-state index contributed by atoms with van der Waals surface area (Å²) in [5.74, 6) is 3.55. The number of thioether (sulfide) groups is 1. The van der Waals surface area contributed by atoms with E-state index in [0.29, 0.717) is 23.7 Å². The lowest BCUT2D eigenvalue weighted by Gasteiger charge is -2.56. The number of hydrogen-bond acceptors (Lipinski definition) is 7. The Bertz CT molecular complexity index is 1010. The van der Waals surface area contributed by atoms with Gasteiger partial charge in [0.15, 0.2) is 12.4 Å². The Balaban J connectivity index is 1.15. The van der Waals surface area contributed by atoms with E-state index in [9.17, 15) is 9.59 Å². The van der Waals surface area contributed by atoms with Gasteiger partial charge in [-0.1, -0.05) is 31.1 Å². The van der Waals surface area contributed by atoms with E-state index < -0.39 is 5.97 Å². The molecule has 0 saturated heterocycles. The van der Waals surface area contributed by atoms with Crippen molar-refractivity contribution in [2.45, 2.75) is 75.8 Å². The van der Waals surface area contributed by atoms with E-state index in [2.05, 4.69) is 29.3 Å². The molecule has 1 heterocycles. The summed E-state index contributed by atoms with van der Waals surface area (Å²) >= 11 is 1.38. The first-order valence-corrected chi connectivity index (χ1v) is 13.4. The van der Waals surface area contributed by atoms with Crippen molar-refractivity contribution in [1.29, 1.82) is 0 Å². The topological polar surface area (TPSA) is 94.3 Å². The van der Waals surface area contributed by atoms with E-state index in [1.807, 2.05) is 12.1 Å². The summed E-state index contributed by atoms with van der Waals surface area (Å²) in [6.45, 7) is 4.08. The van der Waals surface area contributed by atoms with Gasteiger partial charge in [-0.2, -0.15) is 4.98 Å². The van der Waals surface area contributed by atoms with Crippen molar-refractivity contribution in [3.63, 3.8) is 0 Å². The Morgan fingerprint density at radius 3 is 2.50 bits per heavy atom. The molecule has 0 aliphatic heterocycles. The zero-order valence-electron chi connectivity index (χ0n) is 19.9. The van der Waals surface area contributed by atoms with Crippen LogP contribution >= 0.6 is 11.8 Å². The van der Waals surface area contributed by atoms with E-state index in [1.165, 1.54) is 31.0 Å². The number of carbonyl (C=O) groups excluding carboxylic acids is 2. The normalized spacial score (nSPS) is 27.2. The molecule has 1 aromatic carbocycles. The molecule has 34 heavy (non-hydrogen) atoms. The Kier molecular flexibility index (Phi) is 6.69. The van der Waals surface area contributed by atoms with E-state index in [1.54, 1.807) is 12.1 Å². The molecule has 4 aliphatic carbocycles. The largest absolute Gasteiger partial charge is 0.452 e. The number of benzene rings is 1. The maximum atomic E-state index is 12.9. The molecule has 7 nitrogen and oxygen atoms in total. The number of carbonyl (C=O) groups is 2. The summed E-state index contributed by atoms with van der Waals surface area (Å²) in [5.41, 5.74) is 0.445. The third-order valence-corrected chi connectivity index (χ3v) is 8.41. The maximum Gasteiger partial charge on any atom is 0.339 e. The van der Waals surface area contributed by atoms with Crippen LogP contribution in [0.2, 0.25) is 0 Å². The second-order valence-corrected chi connectivity index (χ2v) is 11.8. The molecule has 0 radical (unpaired) electrons. The molecule has 1 N–H and O–H groups in total. The fraction of sp³-hybridized carbons (Fsp3) is 0.615. The molecule has 2 aromatic rings. The average Bonchev–Trinajstić information content (AvgIpc) is 3.21. The van der Waals surface area contributed by atoms with Crippen LogP contribution in [0.1, 0.15) is 74.4 Å². The fourth-order valence-electron chi connectivity index (χ4n) is 6.50. The molecule has 4 saturated carbocycles. The first kappa shape index (κ1) is 23.4. The van der Waals surface area contributed by atoms with Gasteiger partial charge in [0.05, 0.1) is 11.3 Å². The summed E-state index contributed by atoms with van der Waals surface area (Å²) in [7, 11) is 0. The minimum Gasteiger partial charge on any atom is -0.452 e. The number of aromatic nitrogens is 2. The van der Waals surface area contributed by atoms with Gasteiger partial charge in [0, 0.05) is 16.9 Å². The number of amides is 1. The standard InChI is InChI=1S/C26H33N3O4S/c1-16(2)7-22-27-24(33-29-22)14-32-25(31)20-5-3-4-6-21(20)34-15-23(30)28-26-11-17-8-18(12-26)10-19(9-17)13-26/h3-6,16-19H,7-15H2,1-2H3,(H,28,30). The Hall–Kier alpha value is -2.35. The van der Waals surface area contributed by atoms with E-state index in [4.69, 9.17) is 9.26 Å². The Morgan fingerprint density at radius 2 is 1.82 bits per heavy atom. The highest BCUT2D eigenvalue weighted by atomic mass is 32.2. The number of nitrogens with zero attached hydrogens (tertiary/aromatic N) is 2. The van der Waals surface area contributed by atoms with Crippen LogP contribution in [-0.4, -0.2) is 33.3 Å². The molecule has 182 valence electrons. The molecular formula is C26H33N3O4S. The molecule has 6 rings (SSSR count). The van der Waals surface area contributed by atoms with Crippen LogP contribution < -0.4 is 5.32 Å². The number of ether oxygens (including phenoxy) is 1. The van der Waals surface area contributed by atoms with Crippen molar-refractivity contribution in [2.24, 2.45) is 23.7 Å². The van der Waals surface area contributed by atoms with Crippen molar-refractivity contribution < 1.29 is 18.8 Å². The van der Waals surface area contributed by atoms with Gasteiger partial charge in [-0.05, 0) is 74.3 Å². The Labute approximate surface area is 204 Å². The van der Waals surface area contributed by atoms with Crippen LogP contribution in [0.25, 0.3) is 0 Å². The Morgan fingerprint density at radius 1 is 1.15 bits per heavy atom. The summed E-state index contributed by atoms with van der Waals surface area (Å²) < 4.78 is 10.6. The van der Waals surface area contributed by atoms with Gasteiger partial charge in [-0.15, -0.1) is 11.8 Å². The summed E-state index contributed by atoms with van der Waals surface area (Å²) in [6.07, 6.45) is 8.15.